The molecule has 4 atom stereocenters. The van der Waals surface area contributed by atoms with Crippen LogP contribution < -0.4 is 14.8 Å². The maximum atomic E-state index is 15.1. The third kappa shape index (κ3) is 2.50. The quantitative estimate of drug-likeness (QED) is 0.389. The maximum absolute atomic E-state index is 15.1. The van der Waals surface area contributed by atoms with E-state index in [0.717, 1.165) is 46.8 Å². The van der Waals surface area contributed by atoms with Crippen LogP contribution >= 0.6 is 11.3 Å². The van der Waals surface area contributed by atoms with Crippen molar-refractivity contribution in [2.75, 3.05) is 31.1 Å². The van der Waals surface area contributed by atoms with Gasteiger partial charge in [0.2, 0.25) is 5.36 Å². The van der Waals surface area contributed by atoms with Gasteiger partial charge in [-0.05, 0) is 34.8 Å². The smallest absolute Gasteiger partial charge is 0.204 e. The molecule has 0 amide bonds. The third-order valence-corrected chi connectivity index (χ3v) is 10.5. The van der Waals surface area contributed by atoms with Crippen molar-refractivity contribution in [1.82, 2.24) is 9.56 Å². The second kappa shape index (κ2) is 5.88. The highest BCUT2D eigenvalue weighted by Crippen LogP contribution is 2.62. The molecule has 3 aliphatic heterocycles. The van der Waals surface area contributed by atoms with Gasteiger partial charge in [-0.1, -0.05) is 27.7 Å². The number of nitrogens with zero attached hydrogens (tertiary/aromatic N) is 3. The summed E-state index contributed by atoms with van der Waals surface area (Å²) in [5.41, 5.74) is 2.31. The predicted octanol–water partition coefficient (Wildman–Crippen LogP) is 4.83. The predicted molar refractivity (Wildman–Crippen MR) is 125 cm³/mol. The first-order valence-corrected chi connectivity index (χ1v) is 12.5. The molecule has 3 nitrogen and oxygen atoms in total. The van der Waals surface area contributed by atoms with E-state index in [0.29, 0.717) is 34.5 Å². The van der Waals surface area contributed by atoms with Gasteiger partial charge in [0.25, 0.3) is 0 Å². The van der Waals surface area contributed by atoms with Gasteiger partial charge >= 0.3 is 0 Å². The molecule has 4 unspecified atom stereocenters. The number of anilines is 1. The zero-order chi connectivity index (χ0) is 22.2. The summed E-state index contributed by atoms with van der Waals surface area (Å²) < 4.78 is 33.2. The van der Waals surface area contributed by atoms with Crippen molar-refractivity contribution >= 4 is 27.2 Å². The van der Waals surface area contributed by atoms with Gasteiger partial charge in [-0.25, -0.2) is 18.3 Å². The van der Waals surface area contributed by atoms with E-state index in [1.807, 2.05) is 12.1 Å². The van der Waals surface area contributed by atoms with Crippen LogP contribution in [-0.4, -0.2) is 31.2 Å². The highest BCUT2D eigenvalue weighted by molar-refractivity contribution is 7.21. The summed E-state index contributed by atoms with van der Waals surface area (Å²) in [7, 11) is 0. The van der Waals surface area contributed by atoms with Gasteiger partial charge in [0.1, 0.15) is 24.3 Å². The average Bonchev–Trinajstić information content (AvgIpc) is 3.25. The van der Waals surface area contributed by atoms with Gasteiger partial charge in [-0.15, -0.1) is 11.3 Å². The Hall–Kier alpha value is -2.08. The first kappa shape index (κ1) is 19.4. The molecule has 32 heavy (non-hydrogen) atoms. The van der Waals surface area contributed by atoms with Crippen molar-refractivity contribution < 1.29 is 8.78 Å². The number of benzene rings is 2. The van der Waals surface area contributed by atoms with Crippen LogP contribution in [0.2, 0.25) is 0 Å². The second-order valence-electron chi connectivity index (χ2n) is 11.6. The van der Waals surface area contributed by atoms with Crippen LogP contribution in [0.5, 0.6) is 0 Å². The molecular weight excluding hydrogens is 424 g/mol. The maximum Gasteiger partial charge on any atom is 0.204 e. The van der Waals surface area contributed by atoms with E-state index in [1.165, 1.54) is 11.3 Å². The van der Waals surface area contributed by atoms with Gasteiger partial charge < -0.3 is 4.90 Å². The number of fused-ring (bicyclic) bond motifs is 4. The topological polar surface area (TPSA) is 19.1 Å². The van der Waals surface area contributed by atoms with E-state index < -0.39 is 0 Å². The first-order valence-electron chi connectivity index (χ1n) is 11.7. The number of rotatable bonds is 1. The van der Waals surface area contributed by atoms with Crippen molar-refractivity contribution in [3.63, 3.8) is 0 Å². The Morgan fingerprint density at radius 2 is 1.56 bits per heavy atom. The molecule has 4 fully saturated rings. The number of hydrogen-bond donors (Lipinski definition) is 0. The van der Waals surface area contributed by atoms with Crippen molar-refractivity contribution in [3.05, 3.63) is 41.3 Å². The Kier molecular flexibility index (Phi) is 3.56. The van der Waals surface area contributed by atoms with Crippen LogP contribution in [-0.2, 0) is 0 Å². The van der Waals surface area contributed by atoms with Crippen LogP contribution in [0.1, 0.15) is 27.7 Å². The highest BCUT2D eigenvalue weighted by atomic mass is 32.1. The molecule has 2 saturated heterocycles. The lowest BCUT2D eigenvalue weighted by molar-refractivity contribution is 0.438. The normalized spacial score (nSPS) is 31.3. The summed E-state index contributed by atoms with van der Waals surface area (Å²) in [5.74, 6) is 2.09. The summed E-state index contributed by atoms with van der Waals surface area (Å²) in [4.78, 5) is 7.52. The molecule has 0 N–H and O–H groups in total. The van der Waals surface area contributed by atoms with E-state index in [2.05, 4.69) is 42.2 Å². The van der Waals surface area contributed by atoms with Crippen molar-refractivity contribution in [2.45, 2.75) is 27.7 Å². The largest absolute Gasteiger partial charge is 0.371 e. The Balaban J connectivity index is 1.31. The number of aromatic nitrogens is 1. The van der Waals surface area contributed by atoms with Crippen molar-refractivity contribution in [3.8, 4) is 10.6 Å². The molecule has 0 radical (unpaired) electrons. The fourth-order valence-electron chi connectivity index (χ4n) is 6.77. The fraction of sp³-hybridized carbons (Fsp3) is 0.538. The Morgan fingerprint density at radius 1 is 0.906 bits per heavy atom. The van der Waals surface area contributed by atoms with Crippen LogP contribution in [0.3, 0.4) is 0 Å². The first-order chi connectivity index (χ1) is 15.1. The summed E-state index contributed by atoms with van der Waals surface area (Å²) in [6, 6.07) is 7.25. The zero-order valence-electron chi connectivity index (χ0n) is 19.0. The molecular formula is C26H28F2N3S+. The molecule has 6 aliphatic rings. The van der Waals surface area contributed by atoms with E-state index >= 15 is 8.78 Å². The molecule has 0 aromatic heterocycles. The number of piperidine rings is 2. The minimum Gasteiger partial charge on any atom is -0.371 e. The minimum atomic E-state index is -0.360. The van der Waals surface area contributed by atoms with Crippen LogP contribution in [0.25, 0.3) is 20.8 Å². The minimum absolute atomic E-state index is 0.270. The van der Waals surface area contributed by atoms with Gasteiger partial charge in [-0.2, -0.15) is 0 Å². The molecule has 3 heterocycles. The lowest BCUT2D eigenvalue weighted by Gasteiger charge is -2.24. The van der Waals surface area contributed by atoms with Crippen molar-refractivity contribution in [1.29, 1.82) is 0 Å². The SMILES string of the molecule is CC1(C)C2CN(c3cc(F)c4nc5c(F)cc(=[N+]6CC7C(C6)C7(C)C)cc-5sc4c3)CC21. The van der Waals surface area contributed by atoms with Crippen molar-refractivity contribution in [2.24, 2.45) is 34.5 Å². The van der Waals surface area contributed by atoms with E-state index in [9.17, 15) is 0 Å². The molecule has 2 saturated carbocycles. The lowest BCUT2D eigenvalue weighted by Crippen LogP contribution is -2.32. The Labute approximate surface area is 190 Å². The lowest BCUT2D eigenvalue weighted by atomic mass is 10.1. The Morgan fingerprint density at radius 3 is 2.25 bits per heavy atom. The highest BCUT2D eigenvalue weighted by Gasteiger charge is 2.65. The summed E-state index contributed by atoms with van der Waals surface area (Å²) >= 11 is 1.45. The van der Waals surface area contributed by atoms with Crippen LogP contribution in [0, 0.1) is 46.1 Å². The second-order valence-corrected chi connectivity index (χ2v) is 12.7. The standard InChI is InChI=1S/C26H28F2N3S/c1-25(2)15-9-30(10-16(15)25)13-5-19(27)23-21(7-13)32-22-8-14(6-20(28)24(22)29-23)31-11-17-18(12-31)26(17,3)4/h5-8,15-18H,9-12H2,1-4H3/q+1. The molecule has 1 aromatic rings. The summed E-state index contributed by atoms with van der Waals surface area (Å²) in [6.07, 6.45) is 0. The fourth-order valence-corrected chi connectivity index (χ4v) is 7.85. The van der Waals surface area contributed by atoms with Gasteiger partial charge in [0, 0.05) is 42.7 Å². The summed E-state index contributed by atoms with van der Waals surface area (Å²) in [6.45, 7) is 13.3. The molecule has 166 valence electrons. The molecule has 7 rings (SSSR count). The monoisotopic (exact) mass is 452 g/mol. The van der Waals surface area contributed by atoms with Gasteiger partial charge in [-0.3, -0.25) is 0 Å². The van der Waals surface area contributed by atoms with Crippen LogP contribution in [0.15, 0.2) is 24.3 Å². The van der Waals surface area contributed by atoms with E-state index in [4.69, 9.17) is 0 Å². The Bertz CT molecular complexity index is 1330. The van der Waals surface area contributed by atoms with Gasteiger partial charge in [0.15, 0.2) is 11.6 Å². The van der Waals surface area contributed by atoms with E-state index in [-0.39, 0.29) is 22.8 Å². The van der Waals surface area contributed by atoms with E-state index in [1.54, 1.807) is 12.1 Å². The third-order valence-electron chi connectivity index (χ3n) is 9.44. The zero-order valence-corrected chi connectivity index (χ0v) is 19.8. The number of halogens is 2. The molecule has 0 spiro atoms. The number of hydrogen-bond acceptors (Lipinski definition) is 3. The van der Waals surface area contributed by atoms with Crippen LogP contribution in [0.4, 0.5) is 14.5 Å². The molecule has 6 heteroatoms. The molecule has 1 aromatic carbocycles. The summed E-state index contributed by atoms with van der Waals surface area (Å²) in [5, 5.41) is 0.925. The molecule has 3 aliphatic carbocycles. The van der Waals surface area contributed by atoms with Gasteiger partial charge in [0.05, 0.1) is 9.58 Å². The molecule has 0 bridgehead atoms. The average molecular weight is 453 g/mol.